The first-order valence-electron chi connectivity index (χ1n) is 5.84. The number of nitrogens with zero attached hydrogens (tertiary/aromatic N) is 4. The number of fused-ring (bicyclic) bond motifs is 1. The minimum Gasteiger partial charge on any atom is -0.300 e. The average molecular weight is 287 g/mol. The highest BCUT2D eigenvalue weighted by atomic mass is 32.1. The van der Waals surface area contributed by atoms with Gasteiger partial charge in [-0.3, -0.25) is 9.59 Å². The summed E-state index contributed by atoms with van der Waals surface area (Å²) < 4.78 is 0. The summed E-state index contributed by atoms with van der Waals surface area (Å²) in [6, 6.07) is 6.59. The van der Waals surface area contributed by atoms with Crippen LogP contribution in [0.2, 0.25) is 0 Å². The largest absolute Gasteiger partial charge is 0.300 e. The number of anilines is 1. The van der Waals surface area contributed by atoms with E-state index >= 15 is 0 Å². The number of hydrogen-bond donors (Lipinski definition) is 1. The first-order chi connectivity index (χ1) is 9.74. The lowest BCUT2D eigenvalue weighted by atomic mass is 9.97. The van der Waals surface area contributed by atoms with Crippen molar-refractivity contribution in [1.29, 1.82) is 0 Å². The zero-order chi connectivity index (χ0) is 13.9. The Morgan fingerprint density at radius 3 is 3.00 bits per heavy atom. The van der Waals surface area contributed by atoms with Crippen LogP contribution in [0, 0.1) is 0 Å². The molecule has 0 fully saturated rings. The number of carbonyl (C=O) groups is 2. The molecule has 1 aliphatic heterocycles. The standard InChI is InChI=1S/C12H9N5O2S/c18-10(14-12-17-13-6-20-12)5-9-7-3-1-2-4-8(7)11(19)16-15-9/h1-4,6,9H,5H2,(H,14,17,18). The fraction of sp³-hybridized carbons (Fsp3) is 0.167. The van der Waals surface area contributed by atoms with Crippen LogP contribution >= 0.6 is 11.3 Å². The van der Waals surface area contributed by atoms with Crippen LogP contribution in [0.3, 0.4) is 0 Å². The number of carbonyl (C=O) groups excluding carboxylic acids is 2. The van der Waals surface area contributed by atoms with Crippen LogP contribution in [-0.4, -0.2) is 22.0 Å². The van der Waals surface area contributed by atoms with Crippen molar-refractivity contribution in [1.82, 2.24) is 10.2 Å². The fourth-order valence-electron chi connectivity index (χ4n) is 1.94. The zero-order valence-corrected chi connectivity index (χ0v) is 11.0. The lowest BCUT2D eigenvalue weighted by Crippen LogP contribution is -2.18. The molecule has 8 heteroatoms. The summed E-state index contributed by atoms with van der Waals surface area (Å²) in [6.45, 7) is 0. The lowest BCUT2D eigenvalue weighted by Gasteiger charge is -2.17. The van der Waals surface area contributed by atoms with Crippen molar-refractivity contribution in [3.63, 3.8) is 0 Å². The van der Waals surface area contributed by atoms with E-state index in [-0.39, 0.29) is 18.2 Å². The summed E-state index contributed by atoms with van der Waals surface area (Å²) in [6.07, 6.45) is 0.105. The number of rotatable bonds is 3. The second-order valence-electron chi connectivity index (χ2n) is 4.12. The molecule has 0 saturated heterocycles. The SMILES string of the molecule is O=C(CC1N=NC(=O)c2ccccc21)Nc1nncs1. The molecule has 1 atom stereocenters. The summed E-state index contributed by atoms with van der Waals surface area (Å²) in [7, 11) is 0. The second-order valence-corrected chi connectivity index (χ2v) is 4.95. The molecule has 20 heavy (non-hydrogen) atoms. The minimum atomic E-state index is -0.447. The third kappa shape index (κ3) is 2.45. The Bertz CT molecular complexity index is 683. The highest BCUT2D eigenvalue weighted by Gasteiger charge is 2.25. The molecule has 1 aliphatic rings. The topological polar surface area (TPSA) is 96.7 Å². The van der Waals surface area contributed by atoms with Gasteiger partial charge in [-0.1, -0.05) is 29.5 Å². The molecule has 100 valence electrons. The molecule has 2 aromatic rings. The van der Waals surface area contributed by atoms with Gasteiger partial charge in [-0.2, -0.15) is 5.11 Å². The van der Waals surface area contributed by atoms with E-state index in [0.29, 0.717) is 10.7 Å². The Balaban J connectivity index is 1.76. The molecule has 0 spiro atoms. The maximum Gasteiger partial charge on any atom is 0.295 e. The fourth-order valence-corrected chi connectivity index (χ4v) is 2.41. The molecule has 1 aromatic carbocycles. The lowest BCUT2D eigenvalue weighted by molar-refractivity contribution is -0.116. The Morgan fingerprint density at radius 1 is 1.35 bits per heavy atom. The van der Waals surface area contributed by atoms with Gasteiger partial charge in [0, 0.05) is 5.56 Å². The van der Waals surface area contributed by atoms with Crippen molar-refractivity contribution in [2.24, 2.45) is 10.2 Å². The number of amides is 2. The molecule has 0 radical (unpaired) electrons. The average Bonchev–Trinajstić information content (AvgIpc) is 2.95. The van der Waals surface area contributed by atoms with Crippen LogP contribution in [0.25, 0.3) is 0 Å². The van der Waals surface area contributed by atoms with E-state index in [4.69, 9.17) is 0 Å². The monoisotopic (exact) mass is 287 g/mol. The normalized spacial score (nSPS) is 16.8. The molecule has 3 rings (SSSR count). The summed E-state index contributed by atoms with van der Waals surface area (Å²) in [4.78, 5) is 23.5. The van der Waals surface area contributed by atoms with E-state index in [9.17, 15) is 9.59 Å². The highest BCUT2D eigenvalue weighted by Crippen LogP contribution is 2.30. The van der Waals surface area contributed by atoms with Gasteiger partial charge < -0.3 is 5.32 Å². The number of nitrogens with one attached hydrogen (secondary N) is 1. The van der Waals surface area contributed by atoms with Gasteiger partial charge in [0.05, 0.1) is 6.42 Å². The predicted molar refractivity (Wildman–Crippen MR) is 71.5 cm³/mol. The Labute approximate surface area is 117 Å². The quantitative estimate of drug-likeness (QED) is 0.935. The molecule has 1 aromatic heterocycles. The Morgan fingerprint density at radius 2 is 2.20 bits per heavy atom. The van der Waals surface area contributed by atoms with Crippen LogP contribution in [-0.2, 0) is 4.79 Å². The summed E-state index contributed by atoms with van der Waals surface area (Å²) in [5, 5.41) is 17.9. The first-order valence-corrected chi connectivity index (χ1v) is 6.72. The van der Waals surface area contributed by atoms with Crippen LogP contribution in [0.4, 0.5) is 5.13 Å². The number of benzene rings is 1. The zero-order valence-electron chi connectivity index (χ0n) is 10.2. The number of azo groups is 1. The molecule has 1 unspecified atom stereocenters. The maximum absolute atomic E-state index is 11.9. The van der Waals surface area contributed by atoms with Gasteiger partial charge in [-0.05, 0) is 11.6 Å². The van der Waals surface area contributed by atoms with Gasteiger partial charge in [0.2, 0.25) is 11.0 Å². The van der Waals surface area contributed by atoms with E-state index in [1.54, 1.807) is 18.2 Å². The van der Waals surface area contributed by atoms with E-state index in [2.05, 4.69) is 25.7 Å². The van der Waals surface area contributed by atoms with Crippen molar-refractivity contribution < 1.29 is 9.59 Å². The van der Waals surface area contributed by atoms with Crippen molar-refractivity contribution in [2.45, 2.75) is 12.5 Å². The van der Waals surface area contributed by atoms with Crippen molar-refractivity contribution in [3.8, 4) is 0 Å². The third-order valence-electron chi connectivity index (χ3n) is 2.82. The van der Waals surface area contributed by atoms with Crippen molar-refractivity contribution in [3.05, 3.63) is 40.9 Å². The van der Waals surface area contributed by atoms with Gasteiger partial charge in [0.15, 0.2) is 0 Å². The smallest absolute Gasteiger partial charge is 0.295 e. The van der Waals surface area contributed by atoms with Crippen molar-refractivity contribution in [2.75, 3.05) is 5.32 Å². The van der Waals surface area contributed by atoms with Crippen LogP contribution in [0.15, 0.2) is 40.0 Å². The van der Waals surface area contributed by atoms with Gasteiger partial charge in [-0.15, -0.1) is 15.3 Å². The van der Waals surface area contributed by atoms with Crippen molar-refractivity contribution >= 4 is 28.3 Å². The van der Waals surface area contributed by atoms with Crippen LogP contribution in [0.1, 0.15) is 28.4 Å². The van der Waals surface area contributed by atoms with Crippen LogP contribution in [0.5, 0.6) is 0 Å². The molecular weight excluding hydrogens is 278 g/mol. The van der Waals surface area contributed by atoms with Gasteiger partial charge in [-0.25, -0.2) is 0 Å². The number of aromatic nitrogens is 2. The van der Waals surface area contributed by atoms with E-state index in [1.165, 1.54) is 16.8 Å². The number of hydrogen-bond acceptors (Lipinski definition) is 6. The molecule has 2 amide bonds. The van der Waals surface area contributed by atoms with Gasteiger partial charge in [0.25, 0.3) is 5.91 Å². The first kappa shape index (κ1) is 12.5. The summed E-state index contributed by atoms with van der Waals surface area (Å²) in [5.74, 6) is -0.615. The molecule has 0 saturated carbocycles. The molecule has 7 nitrogen and oxygen atoms in total. The molecule has 2 heterocycles. The van der Waals surface area contributed by atoms with Gasteiger partial charge >= 0.3 is 0 Å². The van der Waals surface area contributed by atoms with Gasteiger partial charge in [0.1, 0.15) is 11.6 Å². The second kappa shape index (κ2) is 5.25. The minimum absolute atomic E-state index is 0.105. The molecular formula is C12H9N5O2S. The summed E-state index contributed by atoms with van der Waals surface area (Å²) >= 11 is 1.24. The highest BCUT2D eigenvalue weighted by molar-refractivity contribution is 7.13. The van der Waals surface area contributed by atoms with E-state index < -0.39 is 6.04 Å². The van der Waals surface area contributed by atoms with E-state index in [0.717, 1.165) is 5.56 Å². The third-order valence-corrected chi connectivity index (χ3v) is 3.43. The maximum atomic E-state index is 11.9. The van der Waals surface area contributed by atoms with Crippen LogP contribution < -0.4 is 5.32 Å². The Hall–Kier alpha value is -2.48. The summed E-state index contributed by atoms with van der Waals surface area (Å²) in [5.41, 5.74) is 2.75. The molecule has 0 aliphatic carbocycles. The molecule has 0 bridgehead atoms. The van der Waals surface area contributed by atoms with E-state index in [1.807, 2.05) is 6.07 Å². The Kier molecular flexibility index (Phi) is 3.30. The molecule has 1 N–H and O–H groups in total. The predicted octanol–water partition coefficient (Wildman–Crippen LogP) is 2.21.